The van der Waals surface area contributed by atoms with Crippen molar-refractivity contribution in [2.45, 2.75) is 32.7 Å². The van der Waals surface area contributed by atoms with Gasteiger partial charge in [0.25, 0.3) is 0 Å². The van der Waals surface area contributed by atoms with Crippen molar-refractivity contribution in [2.75, 3.05) is 5.32 Å². The second-order valence-corrected chi connectivity index (χ2v) is 5.90. The van der Waals surface area contributed by atoms with Gasteiger partial charge in [0.1, 0.15) is 5.82 Å². The minimum atomic E-state index is -0.885. The monoisotopic (exact) mass is 313 g/mol. The van der Waals surface area contributed by atoms with Gasteiger partial charge in [-0.2, -0.15) is 0 Å². The van der Waals surface area contributed by atoms with Crippen LogP contribution in [0.15, 0.2) is 30.5 Å². The smallest absolute Gasteiger partial charge is 0.307 e. The number of carbonyl (C=O) groups is 2. The summed E-state index contributed by atoms with van der Waals surface area (Å²) in [7, 11) is 0. The van der Waals surface area contributed by atoms with E-state index in [4.69, 9.17) is 5.11 Å². The van der Waals surface area contributed by atoms with Crippen LogP contribution in [0.4, 0.5) is 5.69 Å². The summed E-state index contributed by atoms with van der Waals surface area (Å²) in [5.74, 6) is -0.0837. The topological polar surface area (TPSA) is 84.2 Å². The van der Waals surface area contributed by atoms with E-state index in [0.717, 1.165) is 18.7 Å². The summed E-state index contributed by atoms with van der Waals surface area (Å²) in [5.41, 5.74) is 2.49. The molecule has 0 radical (unpaired) electrons. The second-order valence-electron chi connectivity index (χ2n) is 5.90. The van der Waals surface area contributed by atoms with E-state index in [-0.39, 0.29) is 18.2 Å². The van der Waals surface area contributed by atoms with E-state index in [1.165, 1.54) is 5.69 Å². The van der Waals surface area contributed by atoms with Crippen molar-refractivity contribution < 1.29 is 14.7 Å². The number of hydrogen-bond acceptors (Lipinski definition) is 3. The summed E-state index contributed by atoms with van der Waals surface area (Å²) in [6, 6.07) is 6.99. The van der Waals surface area contributed by atoms with Gasteiger partial charge in [-0.05, 0) is 37.5 Å². The van der Waals surface area contributed by atoms with E-state index in [2.05, 4.69) is 14.9 Å². The number of benzene rings is 1. The molecule has 1 aromatic carbocycles. The van der Waals surface area contributed by atoms with Crippen LogP contribution in [0.2, 0.25) is 0 Å². The fraction of sp³-hybridized carbons (Fsp3) is 0.353. The standard InChI is InChI=1S/C17H19N3O3/c1-11-18-9-15-6-5-13(10-20(11)15)17(23)19-14-4-2-3-12(7-14)8-16(21)22/h2-4,7,9,13H,5-6,8,10H2,1H3,(H,19,23)(H,21,22). The highest BCUT2D eigenvalue weighted by molar-refractivity contribution is 5.92. The van der Waals surface area contributed by atoms with Gasteiger partial charge in [-0.15, -0.1) is 0 Å². The van der Waals surface area contributed by atoms with Gasteiger partial charge < -0.3 is 15.0 Å². The van der Waals surface area contributed by atoms with E-state index < -0.39 is 5.97 Å². The number of carboxylic acid groups (broad SMARTS) is 1. The number of amides is 1. The molecule has 1 amide bonds. The zero-order chi connectivity index (χ0) is 16.4. The van der Waals surface area contributed by atoms with Crippen LogP contribution in [0.5, 0.6) is 0 Å². The van der Waals surface area contributed by atoms with Crippen molar-refractivity contribution in [1.82, 2.24) is 9.55 Å². The van der Waals surface area contributed by atoms with Gasteiger partial charge in [0.15, 0.2) is 0 Å². The van der Waals surface area contributed by atoms with Crippen molar-refractivity contribution in [3.05, 3.63) is 47.5 Å². The third-order valence-corrected chi connectivity index (χ3v) is 4.21. The van der Waals surface area contributed by atoms with Gasteiger partial charge in [0, 0.05) is 24.1 Å². The largest absolute Gasteiger partial charge is 0.481 e. The molecule has 1 unspecified atom stereocenters. The molecule has 3 rings (SSSR count). The minimum Gasteiger partial charge on any atom is -0.481 e. The van der Waals surface area contributed by atoms with Crippen molar-refractivity contribution in [3.8, 4) is 0 Å². The van der Waals surface area contributed by atoms with Crippen molar-refractivity contribution in [3.63, 3.8) is 0 Å². The van der Waals surface area contributed by atoms with Crippen LogP contribution < -0.4 is 5.32 Å². The van der Waals surface area contributed by atoms with Gasteiger partial charge in [-0.1, -0.05) is 12.1 Å². The van der Waals surface area contributed by atoms with E-state index in [1.54, 1.807) is 24.3 Å². The van der Waals surface area contributed by atoms with Crippen LogP contribution in [0.3, 0.4) is 0 Å². The highest BCUT2D eigenvalue weighted by Crippen LogP contribution is 2.23. The lowest BCUT2D eigenvalue weighted by atomic mass is 9.97. The molecule has 2 heterocycles. The number of rotatable bonds is 4. The maximum absolute atomic E-state index is 12.5. The molecule has 0 spiro atoms. The highest BCUT2D eigenvalue weighted by atomic mass is 16.4. The Morgan fingerprint density at radius 2 is 2.26 bits per heavy atom. The SMILES string of the molecule is Cc1ncc2n1CC(C(=O)Nc1cccc(CC(=O)O)c1)CC2. The number of aryl methyl sites for hydroxylation is 2. The maximum atomic E-state index is 12.5. The fourth-order valence-electron chi connectivity index (χ4n) is 2.99. The van der Waals surface area contributed by atoms with Crippen LogP contribution in [0.25, 0.3) is 0 Å². The first kappa shape index (κ1) is 15.3. The normalized spacial score (nSPS) is 16.7. The molecule has 23 heavy (non-hydrogen) atoms. The van der Waals surface area contributed by atoms with Crippen LogP contribution in [-0.2, 0) is 29.0 Å². The first-order valence-corrected chi connectivity index (χ1v) is 7.65. The van der Waals surface area contributed by atoms with Gasteiger partial charge >= 0.3 is 5.97 Å². The number of nitrogens with zero attached hydrogens (tertiary/aromatic N) is 2. The number of carboxylic acids is 1. The van der Waals surface area contributed by atoms with Crippen LogP contribution in [-0.4, -0.2) is 26.5 Å². The molecule has 6 nitrogen and oxygen atoms in total. The van der Waals surface area contributed by atoms with E-state index >= 15 is 0 Å². The molecule has 1 aliphatic rings. The summed E-state index contributed by atoms with van der Waals surface area (Å²) >= 11 is 0. The number of fused-ring (bicyclic) bond motifs is 1. The molecule has 120 valence electrons. The van der Waals surface area contributed by atoms with Crippen molar-refractivity contribution >= 4 is 17.6 Å². The Balaban J connectivity index is 1.68. The number of hydrogen-bond donors (Lipinski definition) is 2. The molecule has 0 bridgehead atoms. The zero-order valence-corrected chi connectivity index (χ0v) is 13.0. The lowest BCUT2D eigenvalue weighted by Crippen LogP contribution is -2.31. The molecule has 0 aliphatic carbocycles. The van der Waals surface area contributed by atoms with Gasteiger partial charge in [0.2, 0.25) is 5.91 Å². The van der Waals surface area contributed by atoms with E-state index in [0.29, 0.717) is 17.8 Å². The third-order valence-electron chi connectivity index (χ3n) is 4.21. The predicted molar refractivity (Wildman–Crippen MR) is 85.2 cm³/mol. The molecule has 2 N–H and O–H groups in total. The van der Waals surface area contributed by atoms with Crippen molar-refractivity contribution in [2.24, 2.45) is 5.92 Å². The number of imidazole rings is 1. The first-order chi connectivity index (χ1) is 11.0. The molecular weight excluding hydrogens is 294 g/mol. The molecule has 1 atom stereocenters. The number of aliphatic carboxylic acids is 1. The quantitative estimate of drug-likeness (QED) is 0.904. The van der Waals surface area contributed by atoms with Gasteiger partial charge in [-0.25, -0.2) is 4.98 Å². The molecule has 0 saturated heterocycles. The zero-order valence-electron chi connectivity index (χ0n) is 13.0. The third kappa shape index (κ3) is 3.41. The van der Waals surface area contributed by atoms with E-state index in [1.807, 2.05) is 13.1 Å². The summed E-state index contributed by atoms with van der Waals surface area (Å²) in [4.78, 5) is 27.6. The second kappa shape index (κ2) is 6.24. The average Bonchev–Trinajstić information content (AvgIpc) is 2.88. The Labute approximate surface area is 134 Å². The molecule has 1 aliphatic heterocycles. The molecule has 2 aromatic rings. The first-order valence-electron chi connectivity index (χ1n) is 7.65. The number of anilines is 1. The summed E-state index contributed by atoms with van der Waals surface area (Å²) in [5, 5.41) is 11.7. The Morgan fingerprint density at radius 1 is 1.43 bits per heavy atom. The minimum absolute atomic E-state index is 0.0313. The maximum Gasteiger partial charge on any atom is 0.307 e. The fourth-order valence-corrected chi connectivity index (χ4v) is 2.99. The lowest BCUT2D eigenvalue weighted by molar-refractivity contribution is -0.136. The van der Waals surface area contributed by atoms with Crippen LogP contribution in [0, 0.1) is 12.8 Å². The number of nitrogens with one attached hydrogen (secondary N) is 1. The molecule has 0 saturated carbocycles. The van der Waals surface area contributed by atoms with Crippen molar-refractivity contribution in [1.29, 1.82) is 0 Å². The van der Waals surface area contributed by atoms with Gasteiger partial charge in [-0.3, -0.25) is 9.59 Å². The Bertz CT molecular complexity index is 751. The average molecular weight is 313 g/mol. The lowest BCUT2D eigenvalue weighted by Gasteiger charge is -2.24. The molecule has 0 fully saturated rings. The van der Waals surface area contributed by atoms with Gasteiger partial charge in [0.05, 0.1) is 12.3 Å². The number of aromatic nitrogens is 2. The number of carbonyl (C=O) groups excluding carboxylic acids is 1. The summed E-state index contributed by atoms with van der Waals surface area (Å²) < 4.78 is 2.09. The summed E-state index contributed by atoms with van der Waals surface area (Å²) in [6.45, 7) is 2.58. The van der Waals surface area contributed by atoms with E-state index in [9.17, 15) is 9.59 Å². The summed E-state index contributed by atoms with van der Waals surface area (Å²) in [6.07, 6.45) is 3.47. The Kier molecular flexibility index (Phi) is 4.14. The highest BCUT2D eigenvalue weighted by Gasteiger charge is 2.25. The van der Waals surface area contributed by atoms with Crippen LogP contribution in [0.1, 0.15) is 23.5 Å². The Morgan fingerprint density at radius 3 is 3.04 bits per heavy atom. The molecule has 1 aromatic heterocycles. The predicted octanol–water partition coefficient (Wildman–Crippen LogP) is 2.02. The molecule has 6 heteroatoms. The Hall–Kier alpha value is -2.63. The molecular formula is C17H19N3O3. The van der Waals surface area contributed by atoms with Crippen LogP contribution >= 0.6 is 0 Å².